The Morgan fingerprint density at radius 1 is 1.20 bits per heavy atom. The fourth-order valence-electron chi connectivity index (χ4n) is 1.73. The summed E-state index contributed by atoms with van der Waals surface area (Å²) in [7, 11) is 0. The number of carbonyl (C=O) groups excluding carboxylic acids is 1. The number of allylic oxidation sites excluding steroid dienone is 1. The summed E-state index contributed by atoms with van der Waals surface area (Å²) in [6.45, 7) is 0. The SMILES string of the molecule is Nc1ccc(/C=C/C(=O)Cc2cccc(F)c2Br)cc1. The van der Waals surface area contributed by atoms with E-state index in [0.29, 0.717) is 15.7 Å². The predicted octanol–water partition coefficient (Wildman–Crippen LogP) is 4.00. The molecule has 0 aliphatic carbocycles. The number of ketones is 1. The van der Waals surface area contributed by atoms with Crippen molar-refractivity contribution in [2.24, 2.45) is 0 Å². The molecule has 20 heavy (non-hydrogen) atoms. The van der Waals surface area contributed by atoms with Crippen molar-refractivity contribution < 1.29 is 9.18 Å². The zero-order chi connectivity index (χ0) is 14.5. The van der Waals surface area contributed by atoms with Gasteiger partial charge >= 0.3 is 0 Å². The van der Waals surface area contributed by atoms with Gasteiger partial charge in [-0.25, -0.2) is 4.39 Å². The molecule has 0 bridgehead atoms. The number of benzene rings is 2. The topological polar surface area (TPSA) is 43.1 Å². The van der Waals surface area contributed by atoms with E-state index in [1.807, 2.05) is 12.1 Å². The molecule has 0 aliphatic heterocycles. The van der Waals surface area contributed by atoms with Gasteiger partial charge in [0.25, 0.3) is 0 Å². The Morgan fingerprint density at radius 2 is 1.90 bits per heavy atom. The maximum atomic E-state index is 13.3. The Bertz CT molecular complexity index is 650. The zero-order valence-electron chi connectivity index (χ0n) is 10.6. The summed E-state index contributed by atoms with van der Waals surface area (Å²) in [4.78, 5) is 11.9. The van der Waals surface area contributed by atoms with E-state index in [4.69, 9.17) is 5.73 Å². The van der Waals surface area contributed by atoms with Crippen LogP contribution in [0.2, 0.25) is 0 Å². The minimum Gasteiger partial charge on any atom is -0.399 e. The first kappa shape index (κ1) is 14.5. The van der Waals surface area contributed by atoms with Crippen molar-refractivity contribution in [3.8, 4) is 0 Å². The Kier molecular flexibility index (Phi) is 4.69. The molecule has 0 spiro atoms. The smallest absolute Gasteiger partial charge is 0.160 e. The van der Waals surface area contributed by atoms with Crippen molar-refractivity contribution in [3.63, 3.8) is 0 Å². The summed E-state index contributed by atoms with van der Waals surface area (Å²) >= 11 is 3.15. The second-order valence-electron chi connectivity index (χ2n) is 4.36. The van der Waals surface area contributed by atoms with Crippen LogP contribution in [0.4, 0.5) is 10.1 Å². The van der Waals surface area contributed by atoms with E-state index in [9.17, 15) is 9.18 Å². The molecule has 0 atom stereocenters. The molecule has 0 saturated carbocycles. The standard InChI is InChI=1S/C16H13BrFNO/c17-16-12(2-1-3-15(16)18)10-14(20)9-6-11-4-7-13(19)8-5-11/h1-9H,10,19H2/b9-6+. The summed E-state index contributed by atoms with van der Waals surface area (Å²) < 4.78 is 13.7. The highest BCUT2D eigenvalue weighted by Gasteiger charge is 2.07. The molecule has 2 aromatic rings. The first-order chi connectivity index (χ1) is 9.56. The van der Waals surface area contributed by atoms with Gasteiger partial charge in [-0.1, -0.05) is 30.3 Å². The lowest BCUT2D eigenvalue weighted by atomic mass is 10.1. The van der Waals surface area contributed by atoms with Gasteiger partial charge in [0.15, 0.2) is 5.78 Å². The van der Waals surface area contributed by atoms with Crippen LogP contribution in [0.3, 0.4) is 0 Å². The highest BCUT2D eigenvalue weighted by Crippen LogP contribution is 2.21. The summed E-state index contributed by atoms with van der Waals surface area (Å²) in [6, 6.07) is 11.9. The Labute approximate surface area is 125 Å². The summed E-state index contributed by atoms with van der Waals surface area (Å²) in [6.07, 6.45) is 3.36. The van der Waals surface area contributed by atoms with Gasteiger partial charge in [-0.05, 0) is 51.3 Å². The average molecular weight is 334 g/mol. The van der Waals surface area contributed by atoms with E-state index in [1.165, 1.54) is 12.1 Å². The number of anilines is 1. The number of rotatable bonds is 4. The van der Waals surface area contributed by atoms with Crippen molar-refractivity contribution in [2.75, 3.05) is 5.73 Å². The predicted molar refractivity (Wildman–Crippen MR) is 82.7 cm³/mol. The molecule has 0 aromatic heterocycles. The third-order valence-corrected chi connectivity index (χ3v) is 3.68. The van der Waals surface area contributed by atoms with E-state index in [0.717, 1.165) is 5.56 Å². The fraction of sp³-hybridized carbons (Fsp3) is 0.0625. The van der Waals surface area contributed by atoms with E-state index in [2.05, 4.69) is 15.9 Å². The minimum absolute atomic E-state index is 0.0897. The largest absolute Gasteiger partial charge is 0.399 e. The molecule has 0 aliphatic rings. The van der Waals surface area contributed by atoms with E-state index < -0.39 is 0 Å². The number of halogens is 2. The van der Waals surface area contributed by atoms with Crippen molar-refractivity contribution in [3.05, 3.63) is 70.0 Å². The number of nitrogens with two attached hydrogens (primary N) is 1. The molecule has 0 fully saturated rings. The third kappa shape index (κ3) is 3.78. The van der Waals surface area contributed by atoms with E-state index in [1.54, 1.807) is 30.3 Å². The molecule has 4 heteroatoms. The molecule has 0 radical (unpaired) electrons. The Morgan fingerprint density at radius 3 is 2.60 bits per heavy atom. The van der Waals surface area contributed by atoms with Crippen LogP contribution in [0.5, 0.6) is 0 Å². The van der Waals surface area contributed by atoms with Crippen LogP contribution in [0.25, 0.3) is 6.08 Å². The van der Waals surface area contributed by atoms with Crippen LogP contribution in [0, 0.1) is 5.82 Å². The first-order valence-electron chi connectivity index (χ1n) is 6.05. The lowest BCUT2D eigenvalue weighted by Gasteiger charge is -2.02. The molecule has 102 valence electrons. The maximum absolute atomic E-state index is 13.3. The Hall–Kier alpha value is -1.94. The maximum Gasteiger partial charge on any atom is 0.160 e. The van der Waals surface area contributed by atoms with Crippen molar-refractivity contribution in [1.82, 2.24) is 0 Å². The van der Waals surface area contributed by atoms with Gasteiger partial charge in [0, 0.05) is 12.1 Å². The van der Waals surface area contributed by atoms with Gasteiger partial charge in [-0.15, -0.1) is 0 Å². The van der Waals surface area contributed by atoms with Gasteiger partial charge in [-0.3, -0.25) is 4.79 Å². The van der Waals surface area contributed by atoms with Gasteiger partial charge in [0.1, 0.15) is 5.82 Å². The molecular weight excluding hydrogens is 321 g/mol. The van der Waals surface area contributed by atoms with E-state index in [-0.39, 0.29) is 18.0 Å². The molecule has 2 N–H and O–H groups in total. The molecule has 2 nitrogen and oxygen atoms in total. The van der Waals surface area contributed by atoms with Crippen molar-refractivity contribution in [2.45, 2.75) is 6.42 Å². The van der Waals surface area contributed by atoms with Crippen LogP contribution in [-0.2, 0) is 11.2 Å². The monoisotopic (exact) mass is 333 g/mol. The number of nitrogen functional groups attached to an aromatic ring is 1. The molecule has 0 unspecified atom stereocenters. The van der Waals surface area contributed by atoms with Crippen LogP contribution >= 0.6 is 15.9 Å². The van der Waals surface area contributed by atoms with Gasteiger partial charge in [0.05, 0.1) is 4.47 Å². The number of hydrogen-bond donors (Lipinski definition) is 1. The highest BCUT2D eigenvalue weighted by molar-refractivity contribution is 9.10. The van der Waals surface area contributed by atoms with Gasteiger partial charge < -0.3 is 5.73 Å². The highest BCUT2D eigenvalue weighted by atomic mass is 79.9. The molecule has 0 heterocycles. The van der Waals surface area contributed by atoms with Crippen LogP contribution in [0.1, 0.15) is 11.1 Å². The fourth-order valence-corrected chi connectivity index (χ4v) is 2.13. The van der Waals surface area contributed by atoms with Crippen LogP contribution in [0.15, 0.2) is 53.0 Å². The van der Waals surface area contributed by atoms with E-state index >= 15 is 0 Å². The van der Waals surface area contributed by atoms with Crippen molar-refractivity contribution in [1.29, 1.82) is 0 Å². The number of hydrogen-bond acceptors (Lipinski definition) is 2. The van der Waals surface area contributed by atoms with Crippen molar-refractivity contribution >= 4 is 33.5 Å². The normalized spacial score (nSPS) is 10.9. The quantitative estimate of drug-likeness (QED) is 0.678. The molecule has 0 amide bonds. The average Bonchev–Trinajstić information content (AvgIpc) is 2.43. The summed E-state index contributed by atoms with van der Waals surface area (Å²) in [5.74, 6) is -0.453. The molecule has 2 aromatic carbocycles. The van der Waals surface area contributed by atoms with Crippen LogP contribution < -0.4 is 5.73 Å². The third-order valence-electron chi connectivity index (χ3n) is 2.79. The Balaban J connectivity index is 2.05. The van der Waals surface area contributed by atoms with Gasteiger partial charge in [0.2, 0.25) is 0 Å². The molecule has 2 rings (SSSR count). The summed E-state index contributed by atoms with van der Waals surface area (Å²) in [5.41, 5.74) is 7.79. The first-order valence-corrected chi connectivity index (χ1v) is 6.85. The minimum atomic E-state index is -0.363. The molecule has 0 saturated heterocycles. The van der Waals surface area contributed by atoms with Gasteiger partial charge in [-0.2, -0.15) is 0 Å². The summed E-state index contributed by atoms with van der Waals surface area (Å²) in [5, 5.41) is 0. The number of carbonyl (C=O) groups is 1. The molecular formula is C16H13BrFNO. The zero-order valence-corrected chi connectivity index (χ0v) is 12.2. The lowest BCUT2D eigenvalue weighted by Crippen LogP contribution is -2.00. The second kappa shape index (κ2) is 6.48. The van der Waals surface area contributed by atoms with Crippen LogP contribution in [-0.4, -0.2) is 5.78 Å². The lowest BCUT2D eigenvalue weighted by molar-refractivity contribution is -0.113. The second-order valence-corrected chi connectivity index (χ2v) is 5.15.